The molecule has 2 aromatic carbocycles. The fraction of sp³-hybridized carbons (Fsp3) is 0.200. The Morgan fingerprint density at radius 3 is 2.69 bits per heavy atom. The van der Waals surface area contributed by atoms with Crippen molar-refractivity contribution in [2.75, 3.05) is 19.5 Å². The molecule has 6 heteroatoms. The van der Waals surface area contributed by atoms with Crippen LogP contribution in [0.1, 0.15) is 21.6 Å². The normalized spacial score (nSPS) is 12.1. The summed E-state index contributed by atoms with van der Waals surface area (Å²) in [5.41, 5.74) is 5.32. The first kappa shape index (κ1) is 16.2. The smallest absolute Gasteiger partial charge is 0.273 e. The monoisotopic (exact) mass is 349 g/mol. The second-order valence-corrected chi connectivity index (χ2v) is 6.11. The van der Waals surface area contributed by atoms with Gasteiger partial charge in [-0.1, -0.05) is 24.3 Å². The van der Waals surface area contributed by atoms with Crippen LogP contribution in [0.3, 0.4) is 0 Å². The van der Waals surface area contributed by atoms with E-state index in [1.165, 1.54) is 5.56 Å². The Morgan fingerprint density at radius 2 is 1.88 bits per heavy atom. The predicted molar refractivity (Wildman–Crippen MR) is 98.9 cm³/mol. The summed E-state index contributed by atoms with van der Waals surface area (Å²) >= 11 is 0. The molecule has 0 spiro atoms. The highest BCUT2D eigenvalue weighted by Gasteiger charge is 2.25. The number of anilines is 1. The van der Waals surface area contributed by atoms with Crippen molar-refractivity contribution in [2.45, 2.75) is 12.8 Å². The zero-order valence-electron chi connectivity index (χ0n) is 14.6. The Kier molecular flexibility index (Phi) is 4.08. The number of amides is 1. The SMILES string of the molecule is COc1ccc(NC(=O)c2[nH]nc3c2CCc2ccccc2-3)cc1OC. The quantitative estimate of drug-likeness (QED) is 0.756. The van der Waals surface area contributed by atoms with Crippen molar-refractivity contribution < 1.29 is 14.3 Å². The molecule has 0 bridgehead atoms. The number of nitrogens with one attached hydrogen (secondary N) is 2. The molecule has 0 radical (unpaired) electrons. The lowest BCUT2D eigenvalue weighted by atomic mass is 9.89. The van der Waals surface area contributed by atoms with Gasteiger partial charge >= 0.3 is 0 Å². The van der Waals surface area contributed by atoms with Gasteiger partial charge in [0.15, 0.2) is 11.5 Å². The third-order valence-corrected chi connectivity index (χ3v) is 4.65. The molecule has 0 saturated heterocycles. The fourth-order valence-electron chi connectivity index (χ4n) is 3.36. The van der Waals surface area contributed by atoms with E-state index in [1.807, 2.05) is 18.2 Å². The van der Waals surface area contributed by atoms with Gasteiger partial charge in [0.1, 0.15) is 5.69 Å². The van der Waals surface area contributed by atoms with Crippen LogP contribution in [0.15, 0.2) is 42.5 Å². The maximum atomic E-state index is 12.8. The van der Waals surface area contributed by atoms with Crippen LogP contribution in [0.2, 0.25) is 0 Å². The Morgan fingerprint density at radius 1 is 1.08 bits per heavy atom. The molecule has 0 saturated carbocycles. The molecule has 1 heterocycles. The summed E-state index contributed by atoms with van der Waals surface area (Å²) in [4.78, 5) is 12.8. The second kappa shape index (κ2) is 6.55. The highest BCUT2D eigenvalue weighted by molar-refractivity contribution is 6.05. The van der Waals surface area contributed by atoms with Crippen molar-refractivity contribution in [3.8, 4) is 22.8 Å². The van der Waals surface area contributed by atoms with Crippen molar-refractivity contribution in [1.29, 1.82) is 0 Å². The minimum Gasteiger partial charge on any atom is -0.493 e. The van der Waals surface area contributed by atoms with Gasteiger partial charge in [-0.25, -0.2) is 0 Å². The van der Waals surface area contributed by atoms with Crippen molar-refractivity contribution in [3.63, 3.8) is 0 Å². The molecule has 1 aliphatic carbocycles. The topological polar surface area (TPSA) is 76.2 Å². The lowest BCUT2D eigenvalue weighted by Crippen LogP contribution is -2.16. The Hall–Kier alpha value is -3.28. The first-order chi connectivity index (χ1) is 12.7. The van der Waals surface area contributed by atoms with Crippen LogP contribution >= 0.6 is 0 Å². The molecule has 1 aromatic heterocycles. The van der Waals surface area contributed by atoms with Crippen molar-refractivity contribution >= 4 is 11.6 Å². The van der Waals surface area contributed by atoms with Crippen LogP contribution in [0.4, 0.5) is 5.69 Å². The van der Waals surface area contributed by atoms with Gasteiger partial charge in [0.25, 0.3) is 5.91 Å². The van der Waals surface area contributed by atoms with Gasteiger partial charge in [0, 0.05) is 22.9 Å². The van der Waals surface area contributed by atoms with E-state index in [1.54, 1.807) is 32.4 Å². The number of aryl methyl sites for hydroxylation is 1. The second-order valence-electron chi connectivity index (χ2n) is 6.11. The summed E-state index contributed by atoms with van der Waals surface area (Å²) in [5.74, 6) is 0.956. The van der Waals surface area contributed by atoms with E-state index in [0.29, 0.717) is 22.9 Å². The number of methoxy groups -OCH3 is 2. The minimum atomic E-state index is -0.217. The number of aromatic nitrogens is 2. The van der Waals surface area contributed by atoms with Crippen LogP contribution in [-0.2, 0) is 12.8 Å². The molecule has 3 aromatic rings. The van der Waals surface area contributed by atoms with Gasteiger partial charge in [0.05, 0.1) is 19.9 Å². The van der Waals surface area contributed by atoms with Gasteiger partial charge in [-0.05, 0) is 30.5 Å². The zero-order valence-corrected chi connectivity index (χ0v) is 14.6. The largest absolute Gasteiger partial charge is 0.493 e. The molecular weight excluding hydrogens is 330 g/mol. The minimum absolute atomic E-state index is 0.217. The molecule has 1 aliphatic rings. The fourth-order valence-corrected chi connectivity index (χ4v) is 3.36. The molecule has 26 heavy (non-hydrogen) atoms. The van der Waals surface area contributed by atoms with Crippen LogP contribution in [-0.4, -0.2) is 30.3 Å². The number of aromatic amines is 1. The summed E-state index contributed by atoms with van der Waals surface area (Å²) in [6.07, 6.45) is 1.69. The van der Waals surface area contributed by atoms with Gasteiger partial charge in [-0.3, -0.25) is 9.89 Å². The lowest BCUT2D eigenvalue weighted by Gasteiger charge is -2.15. The Labute approximate surface area is 151 Å². The predicted octanol–water partition coefficient (Wildman–Crippen LogP) is 3.44. The molecule has 132 valence electrons. The number of fused-ring (bicyclic) bond motifs is 3. The lowest BCUT2D eigenvalue weighted by molar-refractivity contribution is 0.102. The van der Waals surface area contributed by atoms with Gasteiger partial charge in [0.2, 0.25) is 0 Å². The summed E-state index contributed by atoms with van der Waals surface area (Å²) < 4.78 is 10.5. The van der Waals surface area contributed by atoms with E-state index in [9.17, 15) is 4.79 Å². The van der Waals surface area contributed by atoms with Gasteiger partial charge in [-0.15, -0.1) is 0 Å². The molecule has 0 atom stereocenters. The van der Waals surface area contributed by atoms with Crippen LogP contribution in [0, 0.1) is 0 Å². The van der Waals surface area contributed by atoms with E-state index in [4.69, 9.17) is 9.47 Å². The third-order valence-electron chi connectivity index (χ3n) is 4.65. The number of carbonyl (C=O) groups excluding carboxylic acids is 1. The third kappa shape index (κ3) is 2.69. The van der Waals surface area contributed by atoms with Crippen molar-refractivity contribution in [1.82, 2.24) is 10.2 Å². The van der Waals surface area contributed by atoms with Crippen LogP contribution < -0.4 is 14.8 Å². The highest BCUT2D eigenvalue weighted by Crippen LogP contribution is 2.34. The Balaban J connectivity index is 1.62. The molecule has 1 amide bonds. The van der Waals surface area contributed by atoms with Crippen LogP contribution in [0.5, 0.6) is 11.5 Å². The number of hydrogen-bond acceptors (Lipinski definition) is 4. The van der Waals surface area contributed by atoms with Gasteiger partial charge in [-0.2, -0.15) is 5.10 Å². The first-order valence-electron chi connectivity index (χ1n) is 8.40. The molecule has 0 unspecified atom stereocenters. The van der Waals surface area contributed by atoms with E-state index in [2.05, 4.69) is 21.6 Å². The summed E-state index contributed by atoms with van der Waals surface area (Å²) in [6, 6.07) is 13.4. The number of rotatable bonds is 4. The number of H-pyrrole nitrogens is 1. The number of benzene rings is 2. The summed E-state index contributed by atoms with van der Waals surface area (Å²) in [6.45, 7) is 0. The number of carbonyl (C=O) groups is 1. The van der Waals surface area contributed by atoms with Crippen LogP contribution in [0.25, 0.3) is 11.3 Å². The summed E-state index contributed by atoms with van der Waals surface area (Å²) in [5, 5.41) is 10.2. The number of hydrogen-bond donors (Lipinski definition) is 2. The average Bonchev–Trinajstić information content (AvgIpc) is 3.12. The first-order valence-corrected chi connectivity index (χ1v) is 8.40. The molecule has 4 rings (SSSR count). The average molecular weight is 349 g/mol. The number of nitrogens with zero attached hydrogens (tertiary/aromatic N) is 1. The Bertz CT molecular complexity index is 978. The van der Waals surface area contributed by atoms with E-state index < -0.39 is 0 Å². The zero-order chi connectivity index (χ0) is 18.1. The molecular formula is C20H19N3O3. The molecule has 0 aliphatic heterocycles. The maximum Gasteiger partial charge on any atom is 0.273 e. The highest BCUT2D eigenvalue weighted by atomic mass is 16.5. The van der Waals surface area contributed by atoms with E-state index >= 15 is 0 Å². The molecule has 0 fully saturated rings. The van der Waals surface area contributed by atoms with Crippen molar-refractivity contribution in [3.05, 3.63) is 59.3 Å². The maximum absolute atomic E-state index is 12.8. The summed E-state index contributed by atoms with van der Waals surface area (Å²) in [7, 11) is 3.14. The molecule has 6 nitrogen and oxygen atoms in total. The van der Waals surface area contributed by atoms with E-state index in [0.717, 1.165) is 29.7 Å². The standard InChI is InChI=1S/C20H19N3O3/c1-25-16-10-8-13(11-17(16)26-2)21-20(24)19-15-9-7-12-5-3-4-6-14(12)18(15)22-23-19/h3-6,8,10-11H,7,9H2,1-2H3,(H,21,24)(H,22,23). The number of ether oxygens (including phenoxy) is 2. The van der Waals surface area contributed by atoms with E-state index in [-0.39, 0.29) is 5.91 Å². The van der Waals surface area contributed by atoms with Gasteiger partial charge < -0.3 is 14.8 Å². The van der Waals surface area contributed by atoms with Crippen molar-refractivity contribution in [2.24, 2.45) is 0 Å². The molecule has 2 N–H and O–H groups in total.